The van der Waals surface area contributed by atoms with Gasteiger partial charge in [0.15, 0.2) is 0 Å². The summed E-state index contributed by atoms with van der Waals surface area (Å²) in [5.41, 5.74) is 0.669. The predicted octanol–water partition coefficient (Wildman–Crippen LogP) is 1.44. The van der Waals surface area contributed by atoms with E-state index < -0.39 is 0 Å². The molecule has 0 spiro atoms. The number of carbonyl (C=O) groups is 1. The molecule has 2 N–H and O–H groups in total. The Morgan fingerprint density at radius 1 is 1.31 bits per heavy atom. The van der Waals surface area contributed by atoms with Gasteiger partial charge >= 0.3 is 0 Å². The molecule has 0 aromatic heterocycles. The number of carbonyl (C=O) groups excluding carboxylic acids is 1. The van der Waals surface area contributed by atoms with Crippen molar-refractivity contribution >= 4 is 5.91 Å². The van der Waals surface area contributed by atoms with E-state index in [4.69, 9.17) is 0 Å². The maximum absolute atomic E-state index is 13.2. The Kier molecular flexibility index (Phi) is 5.50. The summed E-state index contributed by atoms with van der Waals surface area (Å²) in [7, 11) is 0. The molecular weight excluding hydrogens is 207 g/mol. The second-order valence-corrected chi connectivity index (χ2v) is 3.60. The van der Waals surface area contributed by atoms with Gasteiger partial charge in [-0.05, 0) is 19.0 Å². The van der Waals surface area contributed by atoms with Crippen molar-refractivity contribution in [3.63, 3.8) is 0 Å². The minimum Gasteiger partial charge on any atom is -0.356 e. The van der Waals surface area contributed by atoms with Gasteiger partial charge in [0.1, 0.15) is 5.82 Å². The monoisotopic (exact) mass is 224 g/mol. The molecule has 0 atom stereocenters. The van der Waals surface area contributed by atoms with E-state index in [1.165, 1.54) is 13.0 Å². The topological polar surface area (TPSA) is 41.1 Å². The third-order valence-electron chi connectivity index (χ3n) is 2.18. The molecule has 16 heavy (non-hydrogen) atoms. The van der Waals surface area contributed by atoms with E-state index in [1.54, 1.807) is 12.1 Å². The van der Waals surface area contributed by atoms with Crippen LogP contribution in [0.1, 0.15) is 18.9 Å². The highest BCUT2D eigenvalue weighted by molar-refractivity contribution is 5.72. The summed E-state index contributed by atoms with van der Waals surface area (Å²) in [6, 6.07) is 6.71. The Labute approximate surface area is 95.0 Å². The molecule has 0 saturated heterocycles. The molecule has 1 aromatic carbocycles. The number of halogens is 1. The van der Waals surface area contributed by atoms with Crippen molar-refractivity contribution in [2.24, 2.45) is 0 Å². The maximum atomic E-state index is 13.2. The molecule has 0 bridgehead atoms. The van der Waals surface area contributed by atoms with Gasteiger partial charge in [-0.3, -0.25) is 4.79 Å². The Hall–Kier alpha value is -1.42. The van der Waals surface area contributed by atoms with Crippen LogP contribution in [0.4, 0.5) is 4.39 Å². The van der Waals surface area contributed by atoms with Gasteiger partial charge in [0.25, 0.3) is 0 Å². The standard InChI is InChI=1S/C12H17FN2O/c1-10(16)15-8-4-7-14-9-11-5-2-3-6-12(11)13/h2-3,5-6,14H,4,7-9H2,1H3,(H,15,16). The fraction of sp³-hybridized carbons (Fsp3) is 0.417. The summed E-state index contributed by atoms with van der Waals surface area (Å²) < 4.78 is 13.2. The largest absolute Gasteiger partial charge is 0.356 e. The highest BCUT2D eigenvalue weighted by Crippen LogP contribution is 2.05. The van der Waals surface area contributed by atoms with Crippen LogP contribution in [0.2, 0.25) is 0 Å². The van der Waals surface area contributed by atoms with E-state index in [0.717, 1.165) is 13.0 Å². The first-order valence-corrected chi connectivity index (χ1v) is 5.38. The lowest BCUT2D eigenvalue weighted by molar-refractivity contribution is -0.118. The average molecular weight is 224 g/mol. The van der Waals surface area contributed by atoms with Crippen LogP contribution in [0.3, 0.4) is 0 Å². The van der Waals surface area contributed by atoms with Crippen LogP contribution in [-0.2, 0) is 11.3 Å². The molecular formula is C12H17FN2O. The molecule has 0 radical (unpaired) electrons. The second kappa shape index (κ2) is 6.95. The van der Waals surface area contributed by atoms with Crippen LogP contribution < -0.4 is 10.6 Å². The summed E-state index contributed by atoms with van der Waals surface area (Å²) in [6.07, 6.45) is 0.841. The fourth-order valence-corrected chi connectivity index (χ4v) is 1.34. The number of nitrogens with one attached hydrogen (secondary N) is 2. The first-order chi connectivity index (χ1) is 7.70. The van der Waals surface area contributed by atoms with Gasteiger partial charge in [0, 0.05) is 25.6 Å². The van der Waals surface area contributed by atoms with Crippen molar-refractivity contribution in [2.75, 3.05) is 13.1 Å². The lowest BCUT2D eigenvalue weighted by Gasteiger charge is -2.06. The minimum atomic E-state index is -0.183. The van der Waals surface area contributed by atoms with Gasteiger partial charge in [-0.15, -0.1) is 0 Å². The van der Waals surface area contributed by atoms with Crippen molar-refractivity contribution < 1.29 is 9.18 Å². The van der Waals surface area contributed by atoms with E-state index in [2.05, 4.69) is 10.6 Å². The molecule has 4 heteroatoms. The van der Waals surface area contributed by atoms with Gasteiger partial charge in [-0.2, -0.15) is 0 Å². The first-order valence-electron chi connectivity index (χ1n) is 5.38. The summed E-state index contributed by atoms with van der Waals surface area (Å²) in [6.45, 7) is 3.42. The quantitative estimate of drug-likeness (QED) is 0.718. The molecule has 0 aliphatic rings. The SMILES string of the molecule is CC(=O)NCCCNCc1ccccc1F. The van der Waals surface area contributed by atoms with Crippen molar-refractivity contribution in [2.45, 2.75) is 19.9 Å². The Balaban J connectivity index is 2.12. The zero-order valence-corrected chi connectivity index (χ0v) is 9.42. The van der Waals surface area contributed by atoms with Gasteiger partial charge in [-0.25, -0.2) is 4.39 Å². The van der Waals surface area contributed by atoms with Crippen LogP contribution in [-0.4, -0.2) is 19.0 Å². The molecule has 0 aliphatic heterocycles. The molecule has 88 valence electrons. The van der Waals surface area contributed by atoms with Gasteiger partial charge in [-0.1, -0.05) is 18.2 Å². The van der Waals surface area contributed by atoms with Gasteiger partial charge < -0.3 is 10.6 Å². The molecule has 1 rings (SSSR count). The minimum absolute atomic E-state index is 0.0193. The number of hydrogen-bond donors (Lipinski definition) is 2. The number of benzene rings is 1. The number of amides is 1. The average Bonchev–Trinajstić information content (AvgIpc) is 2.25. The zero-order chi connectivity index (χ0) is 11.8. The highest BCUT2D eigenvalue weighted by atomic mass is 19.1. The lowest BCUT2D eigenvalue weighted by atomic mass is 10.2. The van der Waals surface area contributed by atoms with Crippen LogP contribution in [0.25, 0.3) is 0 Å². The van der Waals surface area contributed by atoms with E-state index >= 15 is 0 Å². The molecule has 0 saturated carbocycles. The lowest BCUT2D eigenvalue weighted by Crippen LogP contribution is -2.25. The molecule has 1 amide bonds. The van der Waals surface area contributed by atoms with Gasteiger partial charge in [0.2, 0.25) is 5.91 Å². The summed E-state index contributed by atoms with van der Waals surface area (Å²) in [4.78, 5) is 10.6. The van der Waals surface area contributed by atoms with Crippen molar-refractivity contribution in [1.29, 1.82) is 0 Å². The van der Waals surface area contributed by atoms with E-state index in [-0.39, 0.29) is 11.7 Å². The third kappa shape index (κ3) is 4.89. The third-order valence-corrected chi connectivity index (χ3v) is 2.18. The molecule has 0 unspecified atom stereocenters. The van der Waals surface area contributed by atoms with Gasteiger partial charge in [0.05, 0.1) is 0 Å². The van der Waals surface area contributed by atoms with E-state index in [9.17, 15) is 9.18 Å². The van der Waals surface area contributed by atoms with Crippen molar-refractivity contribution in [1.82, 2.24) is 10.6 Å². The predicted molar refractivity (Wildman–Crippen MR) is 61.4 cm³/mol. The smallest absolute Gasteiger partial charge is 0.216 e. The van der Waals surface area contributed by atoms with Crippen molar-refractivity contribution in [3.8, 4) is 0 Å². The number of rotatable bonds is 6. The highest BCUT2D eigenvalue weighted by Gasteiger charge is 1.98. The van der Waals surface area contributed by atoms with Crippen LogP contribution in [0, 0.1) is 5.82 Å². The second-order valence-electron chi connectivity index (χ2n) is 3.60. The molecule has 3 nitrogen and oxygen atoms in total. The van der Waals surface area contributed by atoms with E-state index in [0.29, 0.717) is 18.7 Å². The summed E-state index contributed by atoms with van der Waals surface area (Å²) in [5.74, 6) is -0.203. The molecule has 0 aliphatic carbocycles. The molecule has 1 aromatic rings. The maximum Gasteiger partial charge on any atom is 0.216 e. The summed E-state index contributed by atoms with van der Waals surface area (Å²) >= 11 is 0. The normalized spacial score (nSPS) is 10.1. The molecule has 0 heterocycles. The van der Waals surface area contributed by atoms with Crippen molar-refractivity contribution in [3.05, 3.63) is 35.6 Å². The first kappa shape index (κ1) is 12.6. The molecule has 0 fully saturated rings. The Bertz CT molecular complexity index is 342. The van der Waals surface area contributed by atoms with Crippen LogP contribution in [0.15, 0.2) is 24.3 Å². The summed E-state index contributed by atoms with van der Waals surface area (Å²) in [5, 5.41) is 5.83. The van der Waals surface area contributed by atoms with Crippen LogP contribution in [0.5, 0.6) is 0 Å². The van der Waals surface area contributed by atoms with E-state index in [1.807, 2.05) is 6.07 Å². The number of hydrogen-bond acceptors (Lipinski definition) is 2. The fourth-order valence-electron chi connectivity index (χ4n) is 1.34. The Morgan fingerprint density at radius 3 is 2.75 bits per heavy atom. The Morgan fingerprint density at radius 2 is 2.06 bits per heavy atom. The zero-order valence-electron chi connectivity index (χ0n) is 9.42. The van der Waals surface area contributed by atoms with Crippen LogP contribution >= 0.6 is 0 Å².